The Bertz CT molecular complexity index is 655. The lowest BCUT2D eigenvalue weighted by Gasteiger charge is -2.26. The van der Waals surface area contributed by atoms with Gasteiger partial charge in [0, 0.05) is 24.4 Å². The number of aromatic nitrogens is 1. The lowest BCUT2D eigenvalue weighted by Crippen LogP contribution is -2.28. The summed E-state index contributed by atoms with van der Waals surface area (Å²) < 4.78 is 13.3. The largest absolute Gasteiger partial charge is 0.383 e. The molecule has 0 aliphatic rings. The maximum absolute atomic E-state index is 13.3. The fourth-order valence-electron chi connectivity index (χ4n) is 2.07. The third kappa shape index (κ3) is 3.56. The molecule has 0 radical (unpaired) electrons. The molecule has 1 heterocycles. The average molecular weight is 287 g/mol. The van der Waals surface area contributed by atoms with Gasteiger partial charge in [-0.05, 0) is 23.8 Å². The molecule has 21 heavy (non-hydrogen) atoms. The lowest BCUT2D eigenvalue weighted by atomic mass is 9.84. The summed E-state index contributed by atoms with van der Waals surface area (Å²) in [7, 11) is 0. The highest BCUT2D eigenvalue weighted by Crippen LogP contribution is 2.25. The van der Waals surface area contributed by atoms with E-state index in [4.69, 9.17) is 5.73 Å². The molecule has 0 saturated carbocycles. The zero-order valence-corrected chi connectivity index (χ0v) is 12.1. The number of anilines is 1. The van der Waals surface area contributed by atoms with E-state index in [1.165, 1.54) is 18.3 Å². The van der Waals surface area contributed by atoms with Crippen molar-refractivity contribution >= 4 is 11.6 Å². The van der Waals surface area contributed by atoms with Gasteiger partial charge in [0.25, 0.3) is 5.91 Å². The van der Waals surface area contributed by atoms with E-state index < -0.39 is 5.91 Å². The van der Waals surface area contributed by atoms with Crippen LogP contribution in [0.2, 0.25) is 0 Å². The summed E-state index contributed by atoms with van der Waals surface area (Å²) in [6.07, 6.45) is 3.02. The van der Waals surface area contributed by atoms with E-state index in [1.54, 1.807) is 18.3 Å². The van der Waals surface area contributed by atoms with Crippen LogP contribution < -0.4 is 11.1 Å². The first-order chi connectivity index (χ1) is 9.90. The molecule has 4 nitrogen and oxygen atoms in total. The zero-order chi connectivity index (χ0) is 15.5. The minimum atomic E-state index is -0.533. The van der Waals surface area contributed by atoms with Gasteiger partial charge in [0.1, 0.15) is 5.82 Å². The fraction of sp³-hybridized carbons (Fsp3) is 0.250. The quantitative estimate of drug-likeness (QED) is 0.888. The maximum Gasteiger partial charge on any atom is 0.252 e. The average Bonchev–Trinajstić information content (AvgIpc) is 2.45. The van der Waals surface area contributed by atoms with Gasteiger partial charge < -0.3 is 11.1 Å². The monoisotopic (exact) mass is 287 g/mol. The van der Waals surface area contributed by atoms with Crippen molar-refractivity contribution in [1.29, 1.82) is 0 Å². The Labute approximate surface area is 123 Å². The van der Waals surface area contributed by atoms with Crippen LogP contribution in [0, 0.1) is 5.82 Å². The van der Waals surface area contributed by atoms with E-state index in [2.05, 4.69) is 10.3 Å². The van der Waals surface area contributed by atoms with E-state index in [0.717, 1.165) is 5.56 Å². The van der Waals surface area contributed by atoms with Crippen LogP contribution in [0.15, 0.2) is 42.7 Å². The van der Waals surface area contributed by atoms with Gasteiger partial charge in [-0.3, -0.25) is 9.78 Å². The van der Waals surface area contributed by atoms with Crippen LogP contribution in [0.25, 0.3) is 0 Å². The van der Waals surface area contributed by atoms with Crippen LogP contribution in [-0.2, 0) is 5.41 Å². The third-order valence-electron chi connectivity index (χ3n) is 3.41. The van der Waals surface area contributed by atoms with Gasteiger partial charge in [-0.1, -0.05) is 26.0 Å². The van der Waals surface area contributed by atoms with Crippen molar-refractivity contribution in [2.75, 3.05) is 11.9 Å². The Morgan fingerprint density at radius 1 is 1.38 bits per heavy atom. The Kier molecular flexibility index (Phi) is 4.21. The Balaban J connectivity index is 2.17. The topological polar surface area (TPSA) is 68.0 Å². The summed E-state index contributed by atoms with van der Waals surface area (Å²) in [5, 5.41) is 3.19. The number of nitrogens with one attached hydrogen (secondary N) is 1. The van der Waals surface area contributed by atoms with Crippen LogP contribution in [0.4, 0.5) is 10.1 Å². The van der Waals surface area contributed by atoms with Gasteiger partial charge in [0.15, 0.2) is 0 Å². The number of carbonyl (C=O) groups excluding carboxylic acids is 1. The molecule has 0 atom stereocenters. The second-order valence-corrected chi connectivity index (χ2v) is 5.53. The molecule has 110 valence electrons. The van der Waals surface area contributed by atoms with Crippen molar-refractivity contribution in [2.24, 2.45) is 5.73 Å². The summed E-state index contributed by atoms with van der Waals surface area (Å²) in [4.78, 5) is 15.2. The van der Waals surface area contributed by atoms with E-state index in [1.807, 2.05) is 19.9 Å². The highest BCUT2D eigenvalue weighted by molar-refractivity contribution is 5.98. The second-order valence-electron chi connectivity index (χ2n) is 5.53. The highest BCUT2D eigenvalue weighted by atomic mass is 19.1. The van der Waals surface area contributed by atoms with E-state index >= 15 is 0 Å². The van der Waals surface area contributed by atoms with E-state index in [0.29, 0.717) is 17.8 Å². The molecule has 2 aromatic rings. The first-order valence-corrected chi connectivity index (χ1v) is 6.64. The fourth-order valence-corrected chi connectivity index (χ4v) is 2.07. The third-order valence-corrected chi connectivity index (χ3v) is 3.41. The van der Waals surface area contributed by atoms with Crippen molar-refractivity contribution < 1.29 is 9.18 Å². The molecule has 1 aromatic carbocycles. The standard InChI is InChI=1S/C16H18FN3O/c1-16(2,11-4-3-5-12(17)8-11)10-20-14-6-7-19-9-13(14)15(18)21/h3-9H,10H2,1-2H3,(H2,18,21)(H,19,20). The smallest absolute Gasteiger partial charge is 0.252 e. The van der Waals surface area contributed by atoms with Crippen LogP contribution in [-0.4, -0.2) is 17.4 Å². The summed E-state index contributed by atoms with van der Waals surface area (Å²) in [5.74, 6) is -0.795. The number of pyridine rings is 1. The number of halogens is 1. The molecule has 2 rings (SSSR count). The second kappa shape index (κ2) is 5.91. The van der Waals surface area contributed by atoms with Crippen molar-refractivity contribution in [3.05, 3.63) is 59.7 Å². The van der Waals surface area contributed by atoms with Gasteiger partial charge in [-0.15, -0.1) is 0 Å². The van der Waals surface area contributed by atoms with Crippen LogP contribution >= 0.6 is 0 Å². The molecule has 0 spiro atoms. The molecule has 0 aliphatic heterocycles. The molecule has 0 bridgehead atoms. The summed E-state index contributed by atoms with van der Waals surface area (Å²) in [6.45, 7) is 4.53. The van der Waals surface area contributed by atoms with Crippen molar-refractivity contribution in [3.8, 4) is 0 Å². The van der Waals surface area contributed by atoms with Crippen molar-refractivity contribution in [3.63, 3.8) is 0 Å². The SMILES string of the molecule is CC(C)(CNc1ccncc1C(N)=O)c1cccc(F)c1. The predicted molar refractivity (Wildman–Crippen MR) is 80.7 cm³/mol. The molecule has 0 unspecified atom stereocenters. The number of hydrogen-bond acceptors (Lipinski definition) is 3. The van der Waals surface area contributed by atoms with Crippen LogP contribution in [0.3, 0.4) is 0 Å². The number of primary amides is 1. The number of nitrogens with zero attached hydrogens (tertiary/aromatic N) is 1. The molecule has 3 N–H and O–H groups in total. The number of benzene rings is 1. The Morgan fingerprint density at radius 2 is 2.14 bits per heavy atom. The summed E-state index contributed by atoms with van der Waals surface area (Å²) in [5.41, 5.74) is 6.86. The first-order valence-electron chi connectivity index (χ1n) is 6.64. The lowest BCUT2D eigenvalue weighted by molar-refractivity contribution is 0.100. The minimum absolute atomic E-state index is 0.262. The van der Waals surface area contributed by atoms with Gasteiger partial charge in [0.2, 0.25) is 0 Å². The molecular formula is C16H18FN3O. The van der Waals surface area contributed by atoms with Gasteiger partial charge in [-0.2, -0.15) is 0 Å². The Morgan fingerprint density at radius 3 is 2.81 bits per heavy atom. The number of carbonyl (C=O) groups is 1. The minimum Gasteiger partial charge on any atom is -0.383 e. The molecule has 1 amide bonds. The maximum atomic E-state index is 13.3. The van der Waals surface area contributed by atoms with Gasteiger partial charge in [-0.25, -0.2) is 4.39 Å². The van der Waals surface area contributed by atoms with Crippen molar-refractivity contribution in [2.45, 2.75) is 19.3 Å². The van der Waals surface area contributed by atoms with Gasteiger partial charge >= 0.3 is 0 Å². The highest BCUT2D eigenvalue weighted by Gasteiger charge is 2.21. The molecule has 1 aromatic heterocycles. The van der Waals surface area contributed by atoms with Crippen LogP contribution in [0.1, 0.15) is 29.8 Å². The molecule has 0 fully saturated rings. The first kappa shape index (κ1) is 15.0. The van der Waals surface area contributed by atoms with E-state index in [9.17, 15) is 9.18 Å². The van der Waals surface area contributed by atoms with Gasteiger partial charge in [0.05, 0.1) is 11.3 Å². The number of nitrogens with two attached hydrogens (primary N) is 1. The molecule has 0 saturated heterocycles. The molecule has 5 heteroatoms. The Hall–Kier alpha value is -2.43. The molecular weight excluding hydrogens is 269 g/mol. The summed E-state index contributed by atoms with van der Waals surface area (Å²) >= 11 is 0. The summed E-state index contributed by atoms with van der Waals surface area (Å²) in [6, 6.07) is 8.20. The van der Waals surface area contributed by atoms with Crippen LogP contribution in [0.5, 0.6) is 0 Å². The number of amides is 1. The van der Waals surface area contributed by atoms with Crippen molar-refractivity contribution in [1.82, 2.24) is 4.98 Å². The number of hydrogen-bond donors (Lipinski definition) is 2. The molecule has 0 aliphatic carbocycles. The normalized spacial score (nSPS) is 11.2. The van der Waals surface area contributed by atoms with E-state index in [-0.39, 0.29) is 11.2 Å². The number of rotatable bonds is 5. The predicted octanol–water partition coefficient (Wildman–Crippen LogP) is 2.71. The zero-order valence-electron chi connectivity index (χ0n) is 12.1.